The number of aliphatic hydroxyl groups is 1. The van der Waals surface area contributed by atoms with Gasteiger partial charge in [-0.2, -0.15) is 5.06 Å². The highest BCUT2D eigenvalue weighted by molar-refractivity contribution is 5.99. The fraction of sp³-hybridized carbons (Fsp3) is 0.250. The Morgan fingerprint density at radius 2 is 1.74 bits per heavy atom. The summed E-state index contributed by atoms with van der Waals surface area (Å²) in [6.45, 7) is 2.04. The lowest BCUT2D eigenvalue weighted by molar-refractivity contribution is -0.188. The van der Waals surface area contributed by atoms with Gasteiger partial charge in [-0.15, -0.1) is 0 Å². The minimum Gasteiger partial charge on any atom is -0.480 e. The summed E-state index contributed by atoms with van der Waals surface area (Å²) in [7, 11) is 0. The molecule has 142 valence electrons. The van der Waals surface area contributed by atoms with Crippen molar-refractivity contribution < 1.29 is 29.4 Å². The van der Waals surface area contributed by atoms with Crippen molar-refractivity contribution in [3.8, 4) is 11.1 Å². The van der Waals surface area contributed by atoms with E-state index in [9.17, 15) is 19.5 Å². The van der Waals surface area contributed by atoms with Gasteiger partial charge in [0, 0.05) is 6.92 Å². The summed E-state index contributed by atoms with van der Waals surface area (Å²) in [4.78, 5) is 41.1. The zero-order valence-electron chi connectivity index (χ0n) is 15.1. The van der Waals surface area contributed by atoms with Gasteiger partial charge >= 0.3 is 11.9 Å². The number of benzene rings is 2. The van der Waals surface area contributed by atoms with E-state index in [-0.39, 0.29) is 5.56 Å². The Morgan fingerprint density at radius 3 is 2.26 bits per heavy atom. The number of rotatable bonds is 6. The molecule has 0 heterocycles. The van der Waals surface area contributed by atoms with Gasteiger partial charge in [0.25, 0.3) is 5.91 Å². The second kappa shape index (κ2) is 8.95. The molecule has 0 spiro atoms. The molecule has 0 unspecified atom stereocenters. The SMILES string of the molecule is CCc1cccc(-c2ccccc2)c1C(=O)ON(C(C)=O)[C@@H](CO)C(=O)O. The fourth-order valence-corrected chi connectivity index (χ4v) is 2.73. The number of hydroxylamine groups is 2. The molecule has 0 fully saturated rings. The third kappa shape index (κ3) is 4.51. The van der Waals surface area contributed by atoms with Crippen molar-refractivity contribution >= 4 is 17.8 Å². The Bertz CT molecular complexity index is 834. The standard InChI is InChI=1S/C20H21NO6/c1-3-14-10-7-11-16(15-8-5-4-6-9-15)18(14)20(26)27-21(13(2)23)17(12-22)19(24)25/h4-11,17,22H,3,12H2,1-2H3,(H,24,25)/t17-/m0/s1. The zero-order valence-corrected chi connectivity index (χ0v) is 15.1. The number of carbonyl (C=O) groups is 3. The van der Waals surface area contributed by atoms with Crippen LogP contribution in [0.1, 0.15) is 29.8 Å². The van der Waals surface area contributed by atoms with Crippen LogP contribution in [0, 0.1) is 0 Å². The zero-order chi connectivity index (χ0) is 20.0. The first-order chi connectivity index (χ1) is 12.9. The topological polar surface area (TPSA) is 104 Å². The van der Waals surface area contributed by atoms with Crippen molar-refractivity contribution in [2.24, 2.45) is 0 Å². The molecule has 0 saturated carbocycles. The number of hydrogen-bond donors (Lipinski definition) is 2. The normalized spacial score (nSPS) is 11.5. The van der Waals surface area contributed by atoms with Crippen LogP contribution in [0.25, 0.3) is 11.1 Å². The summed E-state index contributed by atoms with van der Waals surface area (Å²) in [5, 5.41) is 18.8. The second-order valence-electron chi connectivity index (χ2n) is 5.82. The van der Waals surface area contributed by atoms with Gasteiger partial charge in [0.05, 0.1) is 12.2 Å². The minimum absolute atomic E-state index is 0.250. The molecule has 0 bridgehead atoms. The number of carboxylic acids is 1. The Balaban J connectivity index is 2.48. The first kappa shape index (κ1) is 20.1. The maximum atomic E-state index is 12.9. The molecule has 2 aromatic rings. The lowest BCUT2D eigenvalue weighted by Gasteiger charge is -2.25. The molecule has 0 aliphatic carbocycles. The molecule has 7 heteroatoms. The van der Waals surface area contributed by atoms with Crippen molar-refractivity contribution in [2.45, 2.75) is 26.3 Å². The lowest BCUT2D eigenvalue weighted by atomic mass is 9.94. The van der Waals surface area contributed by atoms with E-state index < -0.39 is 30.5 Å². The van der Waals surface area contributed by atoms with Gasteiger partial charge in [-0.1, -0.05) is 55.5 Å². The highest BCUT2D eigenvalue weighted by Gasteiger charge is 2.32. The molecular formula is C20H21NO6. The number of aliphatic hydroxyl groups excluding tert-OH is 1. The lowest BCUT2D eigenvalue weighted by Crippen LogP contribution is -2.47. The van der Waals surface area contributed by atoms with Crippen molar-refractivity contribution in [1.82, 2.24) is 5.06 Å². The Morgan fingerprint density at radius 1 is 1.07 bits per heavy atom. The summed E-state index contributed by atoms with van der Waals surface area (Å²) in [5.41, 5.74) is 2.34. The van der Waals surface area contributed by atoms with Crippen LogP contribution < -0.4 is 0 Å². The minimum atomic E-state index is -1.68. The third-order valence-electron chi connectivity index (χ3n) is 4.05. The van der Waals surface area contributed by atoms with Gasteiger partial charge in [-0.05, 0) is 23.1 Å². The molecule has 0 saturated heterocycles. The number of carbonyl (C=O) groups excluding carboxylic acids is 2. The van der Waals surface area contributed by atoms with Crippen LogP contribution >= 0.6 is 0 Å². The molecule has 0 aliphatic rings. The van der Waals surface area contributed by atoms with E-state index in [4.69, 9.17) is 9.94 Å². The highest BCUT2D eigenvalue weighted by Crippen LogP contribution is 2.28. The number of nitrogens with zero attached hydrogens (tertiary/aromatic N) is 1. The summed E-state index contributed by atoms with van der Waals surface area (Å²) in [6.07, 6.45) is 0.535. The van der Waals surface area contributed by atoms with E-state index >= 15 is 0 Å². The summed E-state index contributed by atoms with van der Waals surface area (Å²) >= 11 is 0. The highest BCUT2D eigenvalue weighted by atomic mass is 16.7. The van der Waals surface area contributed by atoms with Crippen LogP contribution in [0.5, 0.6) is 0 Å². The first-order valence-electron chi connectivity index (χ1n) is 8.43. The molecule has 1 atom stereocenters. The molecule has 0 aliphatic heterocycles. The van der Waals surface area contributed by atoms with Gasteiger partial charge in [-0.3, -0.25) is 4.79 Å². The number of amides is 1. The maximum Gasteiger partial charge on any atom is 0.364 e. The Labute approximate surface area is 156 Å². The van der Waals surface area contributed by atoms with Crippen LogP contribution in [0.3, 0.4) is 0 Å². The summed E-state index contributed by atoms with van der Waals surface area (Å²) < 4.78 is 0. The van der Waals surface area contributed by atoms with Crippen LogP contribution in [0.2, 0.25) is 0 Å². The molecule has 7 nitrogen and oxygen atoms in total. The van der Waals surface area contributed by atoms with Crippen molar-refractivity contribution in [1.29, 1.82) is 0 Å². The Kier molecular flexibility index (Phi) is 6.67. The van der Waals surface area contributed by atoms with E-state index in [0.717, 1.165) is 12.5 Å². The van der Waals surface area contributed by atoms with Crippen LogP contribution in [0.4, 0.5) is 0 Å². The molecule has 2 aromatic carbocycles. The van der Waals surface area contributed by atoms with Gasteiger partial charge in [-0.25, -0.2) is 9.59 Å². The average molecular weight is 371 g/mol. The van der Waals surface area contributed by atoms with Gasteiger partial charge < -0.3 is 15.1 Å². The number of carboxylic acid groups (broad SMARTS) is 1. The molecule has 0 radical (unpaired) electrons. The molecule has 2 N–H and O–H groups in total. The van der Waals surface area contributed by atoms with Crippen molar-refractivity contribution in [3.05, 3.63) is 59.7 Å². The predicted molar refractivity (Wildman–Crippen MR) is 97.7 cm³/mol. The number of aliphatic carboxylic acids is 1. The van der Waals surface area contributed by atoms with Crippen LogP contribution in [-0.2, 0) is 20.8 Å². The molecule has 2 rings (SSSR count). The van der Waals surface area contributed by atoms with E-state index in [1.54, 1.807) is 12.1 Å². The largest absolute Gasteiger partial charge is 0.480 e. The smallest absolute Gasteiger partial charge is 0.364 e. The first-order valence-corrected chi connectivity index (χ1v) is 8.43. The van der Waals surface area contributed by atoms with E-state index in [0.29, 0.717) is 22.6 Å². The molecule has 1 amide bonds. The quantitative estimate of drug-likeness (QED) is 0.755. The molecule has 0 aromatic heterocycles. The van der Waals surface area contributed by atoms with E-state index in [1.165, 1.54) is 0 Å². The van der Waals surface area contributed by atoms with E-state index in [1.807, 2.05) is 43.3 Å². The maximum absolute atomic E-state index is 12.9. The monoisotopic (exact) mass is 371 g/mol. The van der Waals surface area contributed by atoms with Gasteiger partial charge in [0.2, 0.25) is 0 Å². The van der Waals surface area contributed by atoms with Crippen LogP contribution in [-0.4, -0.2) is 45.8 Å². The van der Waals surface area contributed by atoms with Crippen molar-refractivity contribution in [3.63, 3.8) is 0 Å². The van der Waals surface area contributed by atoms with Crippen molar-refractivity contribution in [2.75, 3.05) is 6.61 Å². The molecule has 27 heavy (non-hydrogen) atoms. The summed E-state index contributed by atoms with van der Waals surface area (Å²) in [6, 6.07) is 12.8. The fourth-order valence-electron chi connectivity index (χ4n) is 2.73. The Hall–Kier alpha value is -3.19. The second-order valence-corrected chi connectivity index (χ2v) is 5.82. The van der Waals surface area contributed by atoms with E-state index in [2.05, 4.69) is 0 Å². The third-order valence-corrected chi connectivity index (χ3v) is 4.05. The average Bonchev–Trinajstić information content (AvgIpc) is 2.67. The predicted octanol–water partition coefficient (Wildman–Crippen LogP) is 2.28. The number of hydrogen-bond acceptors (Lipinski definition) is 5. The summed E-state index contributed by atoms with van der Waals surface area (Å²) in [5.74, 6) is -3.14. The van der Waals surface area contributed by atoms with Gasteiger partial charge in [0.1, 0.15) is 0 Å². The van der Waals surface area contributed by atoms with Gasteiger partial charge in [0.15, 0.2) is 6.04 Å². The molecular weight excluding hydrogens is 350 g/mol. The van der Waals surface area contributed by atoms with Crippen LogP contribution in [0.15, 0.2) is 48.5 Å². The number of aryl methyl sites for hydroxylation is 1.